The molecular weight excluding hydrogens is 246 g/mol. The summed E-state index contributed by atoms with van der Waals surface area (Å²) in [6.07, 6.45) is 5.54. The third kappa shape index (κ3) is 2.34. The Labute approximate surface area is 120 Å². The highest BCUT2D eigenvalue weighted by atomic mass is 16.5. The fraction of sp³-hybridized carbons (Fsp3) is 0.444. The fourth-order valence-corrected chi connectivity index (χ4v) is 3.59. The predicted molar refractivity (Wildman–Crippen MR) is 83.8 cm³/mol. The molecule has 0 radical (unpaired) electrons. The minimum absolute atomic E-state index is 0.0702. The maximum atomic E-state index is 6.52. The summed E-state index contributed by atoms with van der Waals surface area (Å²) < 4.78 is 5.82. The Morgan fingerprint density at radius 1 is 1.10 bits per heavy atom. The molecule has 106 valence electrons. The first kappa shape index (κ1) is 13.6. The van der Waals surface area contributed by atoms with Crippen molar-refractivity contribution in [3.8, 4) is 0 Å². The summed E-state index contributed by atoms with van der Waals surface area (Å²) >= 11 is 0. The normalized spacial score (nSPS) is 19.3. The highest BCUT2D eigenvalue weighted by Gasteiger charge is 2.39. The Bertz CT molecular complexity index is 581. The zero-order valence-electron chi connectivity index (χ0n) is 12.1. The standard InChI is InChI=1S/C18H23NO/c1-20-18(11-4-5-12-18)17(19)13-15-9-6-8-14-7-2-3-10-16(14)15/h2-3,6-10,17H,4-5,11-13,19H2,1H3. The summed E-state index contributed by atoms with van der Waals surface area (Å²) in [5, 5.41) is 2.60. The maximum absolute atomic E-state index is 6.52. The highest BCUT2D eigenvalue weighted by molar-refractivity contribution is 5.85. The minimum atomic E-state index is -0.114. The molecule has 0 saturated heterocycles. The van der Waals surface area contributed by atoms with Crippen molar-refractivity contribution in [2.24, 2.45) is 5.73 Å². The Morgan fingerprint density at radius 2 is 1.80 bits per heavy atom. The van der Waals surface area contributed by atoms with Crippen LogP contribution in [0.2, 0.25) is 0 Å². The number of benzene rings is 2. The molecule has 1 fully saturated rings. The highest BCUT2D eigenvalue weighted by Crippen LogP contribution is 2.36. The molecule has 3 rings (SSSR count). The molecule has 0 aromatic heterocycles. The van der Waals surface area contributed by atoms with E-state index >= 15 is 0 Å². The van der Waals surface area contributed by atoms with Crippen molar-refractivity contribution in [1.29, 1.82) is 0 Å². The molecule has 1 atom stereocenters. The maximum Gasteiger partial charge on any atom is 0.0832 e. The van der Waals surface area contributed by atoms with Crippen LogP contribution in [0.5, 0.6) is 0 Å². The van der Waals surface area contributed by atoms with Gasteiger partial charge in [0.25, 0.3) is 0 Å². The monoisotopic (exact) mass is 269 g/mol. The van der Waals surface area contributed by atoms with E-state index in [1.165, 1.54) is 29.2 Å². The van der Waals surface area contributed by atoms with Crippen molar-refractivity contribution in [2.75, 3.05) is 7.11 Å². The van der Waals surface area contributed by atoms with Crippen molar-refractivity contribution >= 4 is 10.8 Å². The predicted octanol–water partition coefficient (Wildman–Crippen LogP) is 3.67. The second-order valence-electron chi connectivity index (χ2n) is 5.92. The van der Waals surface area contributed by atoms with Crippen LogP contribution in [0.3, 0.4) is 0 Å². The molecule has 2 heteroatoms. The zero-order valence-corrected chi connectivity index (χ0v) is 12.1. The van der Waals surface area contributed by atoms with Gasteiger partial charge in [0.2, 0.25) is 0 Å². The van der Waals surface area contributed by atoms with Crippen LogP contribution in [0.4, 0.5) is 0 Å². The molecule has 1 aliphatic carbocycles. The van der Waals surface area contributed by atoms with Gasteiger partial charge in [0.1, 0.15) is 0 Å². The van der Waals surface area contributed by atoms with Gasteiger partial charge in [-0.25, -0.2) is 0 Å². The molecule has 0 aliphatic heterocycles. The second-order valence-corrected chi connectivity index (χ2v) is 5.92. The van der Waals surface area contributed by atoms with Gasteiger partial charge in [-0.05, 0) is 35.6 Å². The molecular formula is C18H23NO. The Hall–Kier alpha value is -1.38. The van der Waals surface area contributed by atoms with Gasteiger partial charge in [0.15, 0.2) is 0 Å². The van der Waals surface area contributed by atoms with E-state index in [-0.39, 0.29) is 11.6 Å². The Balaban J connectivity index is 1.89. The lowest BCUT2D eigenvalue weighted by atomic mass is 9.87. The molecule has 1 saturated carbocycles. The van der Waals surface area contributed by atoms with E-state index in [0.29, 0.717) is 0 Å². The van der Waals surface area contributed by atoms with E-state index in [1.54, 1.807) is 0 Å². The SMILES string of the molecule is COC1(C(N)Cc2cccc3ccccc23)CCCC1. The smallest absolute Gasteiger partial charge is 0.0832 e. The molecule has 2 nitrogen and oxygen atoms in total. The molecule has 2 aromatic carbocycles. The van der Waals surface area contributed by atoms with Gasteiger partial charge in [-0.1, -0.05) is 55.3 Å². The average Bonchev–Trinajstić information content (AvgIpc) is 2.98. The lowest BCUT2D eigenvalue weighted by Crippen LogP contribution is -2.48. The Morgan fingerprint density at radius 3 is 2.55 bits per heavy atom. The lowest BCUT2D eigenvalue weighted by molar-refractivity contribution is -0.0252. The van der Waals surface area contributed by atoms with Crippen LogP contribution in [-0.2, 0) is 11.2 Å². The van der Waals surface area contributed by atoms with Crippen molar-refractivity contribution in [2.45, 2.75) is 43.7 Å². The molecule has 1 unspecified atom stereocenters. The zero-order chi connectivity index (χ0) is 14.0. The van der Waals surface area contributed by atoms with Gasteiger partial charge in [-0.15, -0.1) is 0 Å². The van der Waals surface area contributed by atoms with E-state index in [9.17, 15) is 0 Å². The van der Waals surface area contributed by atoms with E-state index in [1.807, 2.05) is 7.11 Å². The van der Waals surface area contributed by atoms with Crippen LogP contribution in [0.25, 0.3) is 10.8 Å². The van der Waals surface area contributed by atoms with E-state index in [0.717, 1.165) is 19.3 Å². The van der Waals surface area contributed by atoms with Gasteiger partial charge in [0, 0.05) is 13.2 Å². The van der Waals surface area contributed by atoms with Crippen molar-refractivity contribution in [1.82, 2.24) is 0 Å². The summed E-state index contributed by atoms with van der Waals surface area (Å²) in [4.78, 5) is 0. The summed E-state index contributed by atoms with van der Waals surface area (Å²) in [6, 6.07) is 15.1. The first-order chi connectivity index (χ1) is 9.75. The number of hydrogen-bond donors (Lipinski definition) is 1. The van der Waals surface area contributed by atoms with E-state index in [2.05, 4.69) is 42.5 Å². The van der Waals surface area contributed by atoms with E-state index < -0.39 is 0 Å². The van der Waals surface area contributed by atoms with E-state index in [4.69, 9.17) is 10.5 Å². The van der Waals surface area contributed by atoms with Crippen molar-refractivity contribution in [3.63, 3.8) is 0 Å². The van der Waals surface area contributed by atoms with Crippen LogP contribution in [0, 0.1) is 0 Å². The summed E-state index contributed by atoms with van der Waals surface area (Å²) in [6.45, 7) is 0. The van der Waals surface area contributed by atoms with Crippen LogP contribution in [0.1, 0.15) is 31.2 Å². The third-order valence-electron chi connectivity index (χ3n) is 4.85. The summed E-state index contributed by atoms with van der Waals surface area (Å²) in [7, 11) is 1.81. The molecule has 2 N–H and O–H groups in total. The largest absolute Gasteiger partial charge is 0.377 e. The van der Waals surface area contributed by atoms with Crippen molar-refractivity contribution < 1.29 is 4.74 Å². The average molecular weight is 269 g/mol. The van der Waals surface area contributed by atoms with Crippen LogP contribution in [-0.4, -0.2) is 18.8 Å². The quantitative estimate of drug-likeness (QED) is 0.919. The minimum Gasteiger partial charge on any atom is -0.377 e. The number of rotatable bonds is 4. The number of hydrogen-bond acceptors (Lipinski definition) is 2. The molecule has 0 bridgehead atoms. The second kappa shape index (κ2) is 5.55. The number of ether oxygens (including phenoxy) is 1. The van der Waals surface area contributed by atoms with Gasteiger partial charge >= 0.3 is 0 Å². The molecule has 20 heavy (non-hydrogen) atoms. The van der Waals surface area contributed by atoms with Gasteiger partial charge < -0.3 is 10.5 Å². The molecule has 0 amide bonds. The van der Waals surface area contributed by atoms with Gasteiger partial charge in [-0.2, -0.15) is 0 Å². The van der Waals surface area contributed by atoms with Crippen LogP contribution in [0.15, 0.2) is 42.5 Å². The Kier molecular flexibility index (Phi) is 3.77. The topological polar surface area (TPSA) is 35.2 Å². The first-order valence-corrected chi connectivity index (χ1v) is 7.52. The van der Waals surface area contributed by atoms with Gasteiger partial charge in [0.05, 0.1) is 5.60 Å². The summed E-state index contributed by atoms with van der Waals surface area (Å²) in [5.74, 6) is 0. The first-order valence-electron chi connectivity index (χ1n) is 7.52. The lowest BCUT2D eigenvalue weighted by Gasteiger charge is -2.34. The third-order valence-corrected chi connectivity index (χ3v) is 4.85. The molecule has 2 aromatic rings. The molecule has 0 spiro atoms. The van der Waals surface area contributed by atoms with Crippen molar-refractivity contribution in [3.05, 3.63) is 48.0 Å². The van der Waals surface area contributed by atoms with Gasteiger partial charge in [-0.3, -0.25) is 0 Å². The van der Waals surface area contributed by atoms with Crippen LogP contribution >= 0.6 is 0 Å². The molecule has 1 aliphatic rings. The number of nitrogens with two attached hydrogens (primary N) is 1. The number of fused-ring (bicyclic) bond motifs is 1. The van der Waals surface area contributed by atoms with Crippen LogP contribution < -0.4 is 5.73 Å². The molecule has 0 heterocycles. The fourth-order valence-electron chi connectivity index (χ4n) is 3.59. The summed E-state index contributed by atoms with van der Waals surface area (Å²) in [5.41, 5.74) is 7.74. The number of methoxy groups -OCH3 is 1.